The van der Waals surface area contributed by atoms with Crippen molar-refractivity contribution in [3.8, 4) is 33.8 Å². The molecule has 1 aliphatic rings. The van der Waals surface area contributed by atoms with Crippen LogP contribution >= 0.6 is 0 Å². The van der Waals surface area contributed by atoms with Crippen LogP contribution in [0.5, 0.6) is 11.5 Å². The molecule has 0 bridgehead atoms. The molecule has 0 aliphatic heterocycles. The summed E-state index contributed by atoms with van der Waals surface area (Å²) in [5.74, 6) is 0.0141. The largest absolute Gasteiger partial charge is 0.496 e. The number of carbonyl (C=O) groups is 1. The Labute approximate surface area is 225 Å². The minimum atomic E-state index is -1.02. The van der Waals surface area contributed by atoms with Crippen LogP contribution in [-0.2, 0) is 20.3 Å². The fourth-order valence-electron chi connectivity index (χ4n) is 5.17. The van der Waals surface area contributed by atoms with Crippen LogP contribution < -0.4 is 9.47 Å². The van der Waals surface area contributed by atoms with Gasteiger partial charge in [0.05, 0.1) is 20.3 Å². The summed E-state index contributed by atoms with van der Waals surface area (Å²) in [5, 5.41) is 9.48. The van der Waals surface area contributed by atoms with Crippen molar-refractivity contribution < 1.29 is 28.8 Å². The summed E-state index contributed by atoms with van der Waals surface area (Å²) in [7, 11) is 3.12. The Balaban J connectivity index is 1.79. The van der Waals surface area contributed by atoms with Crippen LogP contribution in [0.3, 0.4) is 0 Å². The molecule has 0 spiro atoms. The predicted octanol–water partition coefficient (Wildman–Crippen LogP) is 7.08. The second-order valence-corrected chi connectivity index (χ2v) is 11.1. The third kappa shape index (κ3) is 5.71. The number of rotatable bonds is 10. The highest BCUT2D eigenvalue weighted by atomic mass is 16.7. The number of ether oxygens (including phenoxy) is 4. The molecule has 0 heterocycles. The van der Waals surface area contributed by atoms with Gasteiger partial charge in [-0.3, -0.25) is 0 Å². The molecule has 1 N–H and O–H groups in total. The highest BCUT2D eigenvalue weighted by Gasteiger charge is 2.37. The van der Waals surface area contributed by atoms with Crippen molar-refractivity contribution in [2.75, 3.05) is 34.2 Å². The van der Waals surface area contributed by atoms with E-state index in [1.807, 2.05) is 12.1 Å². The van der Waals surface area contributed by atoms with Gasteiger partial charge in [-0.15, -0.1) is 0 Å². The van der Waals surface area contributed by atoms with Gasteiger partial charge in [0.15, 0.2) is 6.79 Å². The van der Waals surface area contributed by atoms with Crippen LogP contribution in [0.2, 0.25) is 0 Å². The molecule has 0 fully saturated rings. The maximum Gasteiger partial charge on any atom is 0.339 e. The highest BCUT2D eigenvalue weighted by molar-refractivity contribution is 5.92. The van der Waals surface area contributed by atoms with Gasteiger partial charge in [0.2, 0.25) is 0 Å². The van der Waals surface area contributed by atoms with Crippen molar-refractivity contribution in [1.82, 2.24) is 0 Å². The summed E-state index contributed by atoms with van der Waals surface area (Å²) >= 11 is 0. The lowest BCUT2D eigenvalue weighted by atomic mass is 9.63. The molecule has 1 aliphatic carbocycles. The summed E-state index contributed by atoms with van der Waals surface area (Å²) in [6.07, 6.45) is 2.28. The maximum absolute atomic E-state index is 11.6. The van der Waals surface area contributed by atoms with Gasteiger partial charge in [0.25, 0.3) is 0 Å². The zero-order valence-electron chi connectivity index (χ0n) is 23.2. The quantitative estimate of drug-likeness (QED) is 0.228. The van der Waals surface area contributed by atoms with E-state index in [0.29, 0.717) is 24.7 Å². The maximum atomic E-state index is 11.6. The molecule has 202 valence electrons. The predicted molar refractivity (Wildman–Crippen MR) is 149 cm³/mol. The smallest absolute Gasteiger partial charge is 0.339 e. The molecular formula is C32H38O6. The standard InChI is InChI=1S/C32H38O6/c1-31(2)13-14-32(3,4)27-18-23(8-11-26(27)31)25-17-21(9-12-28(25)38-20-37-16-15-35-5)22-7-10-24(30(33)34)29(19-22)36-6/h7-12,17-19H,13-16,20H2,1-6H3,(H,33,34). The zero-order valence-corrected chi connectivity index (χ0v) is 23.2. The molecule has 0 atom stereocenters. The molecular weight excluding hydrogens is 480 g/mol. The van der Waals surface area contributed by atoms with Gasteiger partial charge in [-0.25, -0.2) is 4.79 Å². The van der Waals surface area contributed by atoms with Crippen LogP contribution in [0.25, 0.3) is 22.3 Å². The van der Waals surface area contributed by atoms with E-state index in [9.17, 15) is 9.90 Å². The second kappa shape index (κ2) is 11.2. The molecule has 6 nitrogen and oxygen atoms in total. The van der Waals surface area contributed by atoms with Crippen LogP contribution in [-0.4, -0.2) is 45.3 Å². The lowest BCUT2D eigenvalue weighted by molar-refractivity contribution is -0.00821. The molecule has 0 amide bonds. The fraction of sp³-hybridized carbons (Fsp3) is 0.406. The number of aromatic carboxylic acids is 1. The molecule has 4 rings (SSSR count). The summed E-state index contributed by atoms with van der Waals surface area (Å²) < 4.78 is 22.1. The van der Waals surface area contributed by atoms with Gasteiger partial charge in [-0.1, -0.05) is 58.0 Å². The monoisotopic (exact) mass is 518 g/mol. The van der Waals surface area contributed by atoms with Gasteiger partial charge in [-0.05, 0) is 75.8 Å². The van der Waals surface area contributed by atoms with E-state index >= 15 is 0 Å². The molecule has 0 radical (unpaired) electrons. The van der Waals surface area contributed by atoms with Gasteiger partial charge < -0.3 is 24.1 Å². The van der Waals surface area contributed by atoms with Crippen molar-refractivity contribution in [2.24, 2.45) is 0 Å². The van der Waals surface area contributed by atoms with Gasteiger partial charge in [-0.2, -0.15) is 0 Å². The number of hydrogen-bond donors (Lipinski definition) is 1. The van der Waals surface area contributed by atoms with E-state index in [1.165, 1.54) is 18.2 Å². The molecule has 38 heavy (non-hydrogen) atoms. The number of hydrogen-bond acceptors (Lipinski definition) is 5. The zero-order chi connectivity index (χ0) is 27.5. The Bertz CT molecular complexity index is 1310. The van der Waals surface area contributed by atoms with Crippen molar-refractivity contribution in [1.29, 1.82) is 0 Å². The van der Waals surface area contributed by atoms with Crippen LogP contribution in [0.15, 0.2) is 54.6 Å². The summed E-state index contributed by atoms with van der Waals surface area (Å²) in [6, 6.07) is 17.9. The average Bonchev–Trinajstić information content (AvgIpc) is 2.90. The number of fused-ring (bicyclic) bond motifs is 1. The first kappa shape index (κ1) is 27.7. The number of methoxy groups -OCH3 is 2. The third-order valence-corrected chi connectivity index (χ3v) is 7.64. The Morgan fingerprint density at radius 2 is 1.45 bits per heavy atom. The van der Waals surface area contributed by atoms with Gasteiger partial charge in [0, 0.05) is 12.7 Å². The summed E-state index contributed by atoms with van der Waals surface area (Å²) in [4.78, 5) is 11.6. The van der Waals surface area contributed by atoms with Crippen LogP contribution in [0, 0.1) is 0 Å². The van der Waals surface area contributed by atoms with Crippen molar-refractivity contribution in [3.05, 3.63) is 71.3 Å². The molecule has 6 heteroatoms. The Hall–Kier alpha value is -3.35. The Kier molecular flexibility index (Phi) is 8.14. The average molecular weight is 519 g/mol. The minimum absolute atomic E-state index is 0.0722. The summed E-state index contributed by atoms with van der Waals surface area (Å²) in [5.41, 5.74) is 6.89. The number of carboxylic acid groups (broad SMARTS) is 1. The second-order valence-electron chi connectivity index (χ2n) is 11.1. The van der Waals surface area contributed by atoms with E-state index in [1.54, 1.807) is 25.3 Å². The third-order valence-electron chi connectivity index (χ3n) is 7.64. The fourth-order valence-corrected chi connectivity index (χ4v) is 5.17. The van der Waals surface area contributed by atoms with E-state index in [0.717, 1.165) is 35.1 Å². The summed E-state index contributed by atoms with van der Waals surface area (Å²) in [6.45, 7) is 10.3. The Morgan fingerprint density at radius 3 is 2.13 bits per heavy atom. The highest BCUT2D eigenvalue weighted by Crippen LogP contribution is 2.47. The molecule has 0 unspecified atom stereocenters. The lowest BCUT2D eigenvalue weighted by Gasteiger charge is -2.42. The van der Waals surface area contributed by atoms with Crippen molar-refractivity contribution in [2.45, 2.75) is 51.4 Å². The van der Waals surface area contributed by atoms with Crippen LogP contribution in [0.1, 0.15) is 62.0 Å². The van der Waals surface area contributed by atoms with Crippen LogP contribution in [0.4, 0.5) is 0 Å². The van der Waals surface area contributed by atoms with E-state index in [4.69, 9.17) is 18.9 Å². The van der Waals surface area contributed by atoms with E-state index in [2.05, 4.69) is 52.0 Å². The minimum Gasteiger partial charge on any atom is -0.496 e. The number of carboxylic acids is 1. The topological polar surface area (TPSA) is 74.2 Å². The van der Waals surface area contributed by atoms with Crippen molar-refractivity contribution >= 4 is 5.97 Å². The lowest BCUT2D eigenvalue weighted by Crippen LogP contribution is -2.33. The molecule has 0 saturated heterocycles. The Morgan fingerprint density at radius 1 is 0.789 bits per heavy atom. The van der Waals surface area contributed by atoms with E-state index < -0.39 is 5.97 Å². The molecule has 0 aromatic heterocycles. The number of benzene rings is 3. The SMILES string of the molecule is COCCOCOc1ccc(-c2ccc(C(=O)O)c(OC)c2)cc1-c1ccc2c(c1)C(C)(C)CCC2(C)C. The first-order valence-electron chi connectivity index (χ1n) is 13.0. The van der Waals surface area contributed by atoms with Gasteiger partial charge in [0.1, 0.15) is 17.1 Å². The molecule has 3 aromatic rings. The van der Waals surface area contributed by atoms with Crippen molar-refractivity contribution in [3.63, 3.8) is 0 Å². The van der Waals surface area contributed by atoms with Gasteiger partial charge >= 0.3 is 5.97 Å². The normalized spacial score (nSPS) is 15.5. The molecule has 3 aromatic carbocycles. The first-order valence-corrected chi connectivity index (χ1v) is 13.0. The first-order chi connectivity index (χ1) is 18.1. The molecule has 0 saturated carbocycles. The van der Waals surface area contributed by atoms with E-state index in [-0.39, 0.29) is 23.2 Å².